The van der Waals surface area contributed by atoms with Crippen LogP contribution in [0.5, 0.6) is 0 Å². The highest BCUT2D eigenvalue weighted by molar-refractivity contribution is 5.94. The summed E-state index contributed by atoms with van der Waals surface area (Å²) in [7, 11) is 0. The molecule has 3 nitrogen and oxygen atoms in total. The van der Waals surface area contributed by atoms with Crippen LogP contribution in [0.15, 0.2) is 24.3 Å². The topological polar surface area (TPSA) is 38.3 Å². The largest absolute Gasteiger partial charge is 0.385 e. The van der Waals surface area contributed by atoms with Gasteiger partial charge in [0.15, 0.2) is 5.78 Å². The van der Waals surface area contributed by atoms with Crippen molar-refractivity contribution in [1.29, 1.82) is 0 Å². The molecule has 1 heterocycles. The number of hydrogen-bond donors (Lipinski definition) is 1. The number of ether oxygens (including phenoxy) is 1. The van der Waals surface area contributed by atoms with Crippen molar-refractivity contribution in [2.75, 3.05) is 25.1 Å². The Balaban J connectivity index is 1.84. The van der Waals surface area contributed by atoms with Crippen LogP contribution in [0.3, 0.4) is 0 Å². The quantitative estimate of drug-likeness (QED) is 0.813. The maximum atomic E-state index is 11.1. The Morgan fingerprint density at radius 1 is 1.29 bits per heavy atom. The Labute approximate surface area is 102 Å². The van der Waals surface area contributed by atoms with E-state index in [9.17, 15) is 4.79 Å². The first-order valence-electron chi connectivity index (χ1n) is 6.18. The van der Waals surface area contributed by atoms with Crippen molar-refractivity contribution >= 4 is 11.5 Å². The smallest absolute Gasteiger partial charge is 0.159 e. The Hall–Kier alpha value is -1.35. The standard InChI is InChI=1S/C14H19NO2/c1-11(16)13-2-4-14(5-3-13)15-10-12-6-8-17-9-7-12/h2-5,12,15H,6-10H2,1H3. The maximum absolute atomic E-state index is 11.1. The van der Waals surface area contributed by atoms with Crippen LogP contribution >= 0.6 is 0 Å². The van der Waals surface area contributed by atoms with E-state index in [0.717, 1.165) is 43.9 Å². The molecule has 0 spiro atoms. The highest BCUT2D eigenvalue weighted by Gasteiger charge is 2.13. The zero-order valence-corrected chi connectivity index (χ0v) is 10.2. The molecule has 1 N–H and O–H groups in total. The predicted molar refractivity (Wildman–Crippen MR) is 68.5 cm³/mol. The van der Waals surface area contributed by atoms with Crippen LogP contribution in [0.25, 0.3) is 0 Å². The molecule has 2 rings (SSSR count). The fourth-order valence-electron chi connectivity index (χ4n) is 2.04. The molecule has 0 bridgehead atoms. The zero-order chi connectivity index (χ0) is 12.1. The number of carbonyl (C=O) groups excluding carboxylic acids is 1. The minimum Gasteiger partial charge on any atom is -0.385 e. The van der Waals surface area contributed by atoms with E-state index in [4.69, 9.17) is 4.74 Å². The van der Waals surface area contributed by atoms with Crippen molar-refractivity contribution in [2.45, 2.75) is 19.8 Å². The Kier molecular flexibility index (Phi) is 4.15. The van der Waals surface area contributed by atoms with Gasteiger partial charge in [-0.25, -0.2) is 0 Å². The van der Waals surface area contributed by atoms with E-state index in [-0.39, 0.29) is 5.78 Å². The molecule has 1 aliphatic heterocycles. The molecule has 0 aliphatic carbocycles. The van der Waals surface area contributed by atoms with Crippen LogP contribution in [-0.2, 0) is 4.74 Å². The van der Waals surface area contributed by atoms with Gasteiger partial charge in [0.2, 0.25) is 0 Å². The molecule has 1 saturated heterocycles. The zero-order valence-electron chi connectivity index (χ0n) is 10.2. The van der Waals surface area contributed by atoms with Crippen molar-refractivity contribution in [3.63, 3.8) is 0 Å². The molecule has 17 heavy (non-hydrogen) atoms. The lowest BCUT2D eigenvalue weighted by Crippen LogP contribution is -2.22. The number of nitrogens with one attached hydrogen (secondary N) is 1. The molecule has 0 saturated carbocycles. The number of benzene rings is 1. The third-order valence-corrected chi connectivity index (χ3v) is 3.23. The molecule has 92 valence electrons. The summed E-state index contributed by atoms with van der Waals surface area (Å²) in [5.41, 5.74) is 1.85. The first-order valence-corrected chi connectivity index (χ1v) is 6.18. The van der Waals surface area contributed by atoms with Gasteiger partial charge in [-0.3, -0.25) is 4.79 Å². The third-order valence-electron chi connectivity index (χ3n) is 3.23. The number of anilines is 1. The van der Waals surface area contributed by atoms with E-state index >= 15 is 0 Å². The highest BCUT2D eigenvalue weighted by atomic mass is 16.5. The van der Waals surface area contributed by atoms with Gasteiger partial charge in [0.1, 0.15) is 0 Å². The molecule has 1 aliphatic rings. The van der Waals surface area contributed by atoms with Gasteiger partial charge in [-0.05, 0) is 49.9 Å². The van der Waals surface area contributed by atoms with Crippen molar-refractivity contribution in [3.8, 4) is 0 Å². The molecule has 3 heteroatoms. The van der Waals surface area contributed by atoms with Gasteiger partial charge >= 0.3 is 0 Å². The first kappa shape index (κ1) is 12.1. The number of hydrogen-bond acceptors (Lipinski definition) is 3. The lowest BCUT2D eigenvalue weighted by atomic mass is 10.0. The number of Topliss-reactive ketones (excluding diaryl/α,β-unsaturated/α-hetero) is 1. The highest BCUT2D eigenvalue weighted by Crippen LogP contribution is 2.16. The molecular weight excluding hydrogens is 214 g/mol. The summed E-state index contributed by atoms with van der Waals surface area (Å²) in [6.07, 6.45) is 2.27. The second-order valence-corrected chi connectivity index (χ2v) is 4.57. The average molecular weight is 233 g/mol. The van der Waals surface area contributed by atoms with Crippen LogP contribution in [0.1, 0.15) is 30.1 Å². The molecule has 0 amide bonds. The maximum Gasteiger partial charge on any atom is 0.159 e. The van der Waals surface area contributed by atoms with Gasteiger partial charge in [0.25, 0.3) is 0 Å². The minimum absolute atomic E-state index is 0.112. The molecule has 0 atom stereocenters. The average Bonchev–Trinajstić information content (AvgIpc) is 2.38. The second kappa shape index (κ2) is 5.82. The number of carbonyl (C=O) groups is 1. The SMILES string of the molecule is CC(=O)c1ccc(NCC2CCOCC2)cc1. The number of rotatable bonds is 4. The first-order chi connectivity index (χ1) is 8.25. The molecule has 1 aromatic rings. The van der Waals surface area contributed by atoms with E-state index in [2.05, 4.69) is 5.32 Å². The van der Waals surface area contributed by atoms with Gasteiger partial charge in [-0.15, -0.1) is 0 Å². The Bertz CT molecular complexity index is 366. The van der Waals surface area contributed by atoms with Crippen molar-refractivity contribution in [2.24, 2.45) is 5.92 Å². The number of ketones is 1. The lowest BCUT2D eigenvalue weighted by molar-refractivity contribution is 0.0699. The van der Waals surface area contributed by atoms with Gasteiger partial charge < -0.3 is 10.1 Å². The van der Waals surface area contributed by atoms with E-state index in [1.807, 2.05) is 24.3 Å². The summed E-state index contributed by atoms with van der Waals surface area (Å²) in [4.78, 5) is 11.1. The van der Waals surface area contributed by atoms with Gasteiger partial charge in [0.05, 0.1) is 0 Å². The van der Waals surface area contributed by atoms with E-state index in [0.29, 0.717) is 5.92 Å². The summed E-state index contributed by atoms with van der Waals surface area (Å²) in [6, 6.07) is 7.68. The molecule has 1 aromatic carbocycles. The van der Waals surface area contributed by atoms with Crippen molar-refractivity contribution < 1.29 is 9.53 Å². The van der Waals surface area contributed by atoms with Crippen LogP contribution < -0.4 is 5.32 Å². The van der Waals surface area contributed by atoms with Crippen LogP contribution in [0, 0.1) is 5.92 Å². The molecule has 0 unspecified atom stereocenters. The Morgan fingerprint density at radius 3 is 2.53 bits per heavy atom. The van der Waals surface area contributed by atoms with E-state index in [1.54, 1.807) is 6.92 Å². The van der Waals surface area contributed by atoms with Crippen molar-refractivity contribution in [1.82, 2.24) is 0 Å². The van der Waals surface area contributed by atoms with Crippen LogP contribution in [-0.4, -0.2) is 25.5 Å². The fraction of sp³-hybridized carbons (Fsp3) is 0.500. The molecule has 0 radical (unpaired) electrons. The summed E-state index contributed by atoms with van der Waals surface area (Å²) < 4.78 is 5.33. The lowest BCUT2D eigenvalue weighted by Gasteiger charge is -2.22. The van der Waals surface area contributed by atoms with E-state index < -0.39 is 0 Å². The third kappa shape index (κ3) is 3.56. The predicted octanol–water partition coefficient (Wildman–Crippen LogP) is 2.73. The molecule has 1 fully saturated rings. The molecular formula is C14H19NO2. The minimum atomic E-state index is 0.112. The summed E-state index contributed by atoms with van der Waals surface area (Å²) >= 11 is 0. The van der Waals surface area contributed by atoms with E-state index in [1.165, 1.54) is 0 Å². The van der Waals surface area contributed by atoms with Gasteiger partial charge in [-0.1, -0.05) is 0 Å². The van der Waals surface area contributed by atoms with Crippen LogP contribution in [0.2, 0.25) is 0 Å². The van der Waals surface area contributed by atoms with Gasteiger partial charge in [0, 0.05) is 31.0 Å². The summed E-state index contributed by atoms with van der Waals surface area (Å²) in [6.45, 7) is 4.35. The summed E-state index contributed by atoms with van der Waals surface area (Å²) in [5.74, 6) is 0.817. The fourth-order valence-corrected chi connectivity index (χ4v) is 2.04. The normalized spacial score (nSPS) is 16.8. The van der Waals surface area contributed by atoms with Crippen molar-refractivity contribution in [3.05, 3.63) is 29.8 Å². The molecule has 0 aromatic heterocycles. The Morgan fingerprint density at radius 2 is 1.94 bits per heavy atom. The summed E-state index contributed by atoms with van der Waals surface area (Å²) in [5, 5.41) is 3.41. The monoisotopic (exact) mass is 233 g/mol. The second-order valence-electron chi connectivity index (χ2n) is 4.57. The van der Waals surface area contributed by atoms with Crippen LogP contribution in [0.4, 0.5) is 5.69 Å². The van der Waals surface area contributed by atoms with Gasteiger partial charge in [-0.2, -0.15) is 0 Å².